The SMILES string of the molecule is [C-]#[N+]\C(C#N)=C1/C(=C/C=C/c2sc3c(sc4c5c6nsnc6c6c7sc8c(-c9ccc(CC(CCCCCC)CCCCCCCC)s9)c(/C=C/C=C9\C(=O)c%10cc%11cc(F)c(F)cc%11cc%10\C9=C(\C#N)[N+]#[C-])sc8c7n(CC(CCCCCC)CCCCCCCC)c6c5n(CC(CCCCCC)CCCCCCCC)c34)c2-c2ccc(CC(CCCCCC)CCCCCCCC)s2)C(=O)c2cc3cc(F)c(F)cc3cc21. The van der Waals surface area contributed by atoms with Crippen molar-refractivity contribution in [2.45, 2.75) is 390 Å². The highest BCUT2D eigenvalue weighted by Crippen LogP contribution is 2.59. The third-order valence-electron chi connectivity index (χ3n) is 31.7. The van der Waals surface area contributed by atoms with E-state index in [9.17, 15) is 10.5 Å². The number of Topliss-reactive ketones (excluding diaryl/α,β-unsaturated/α-hetero) is 2. The van der Waals surface area contributed by atoms with Crippen molar-refractivity contribution in [2.24, 2.45) is 23.7 Å². The van der Waals surface area contributed by atoms with Crippen molar-refractivity contribution in [3.05, 3.63) is 208 Å². The first kappa shape index (κ1) is 112. The topological polar surface area (TPSA) is 126 Å². The normalized spacial score (nSPS) is 15.1. The Labute approximate surface area is 910 Å². The number of carbonyl (C=O) groups excluding carboxylic acids is 2. The van der Waals surface area contributed by atoms with E-state index in [1.165, 1.54) is 325 Å². The van der Waals surface area contributed by atoms with Gasteiger partial charge in [-0.3, -0.25) is 9.59 Å². The number of fused-ring (bicyclic) bond motifs is 18. The summed E-state index contributed by atoms with van der Waals surface area (Å²) in [7, 11) is 0. The van der Waals surface area contributed by atoms with Crippen LogP contribution < -0.4 is 0 Å². The Hall–Kier alpha value is -9.78. The molecule has 0 N–H and O–H groups in total. The van der Waals surface area contributed by atoms with Gasteiger partial charge in [0.05, 0.1) is 87.3 Å². The smallest absolute Gasteiger partial charge is 0.270 e. The Kier molecular flexibility index (Phi) is 41.4. The van der Waals surface area contributed by atoms with Gasteiger partial charge in [0.25, 0.3) is 11.4 Å². The molecule has 21 heteroatoms. The molecule has 2 aliphatic rings. The van der Waals surface area contributed by atoms with Gasteiger partial charge in [0.2, 0.25) is 0 Å². The molecule has 10 nitrogen and oxygen atoms in total. The minimum absolute atomic E-state index is 0.170. The zero-order chi connectivity index (χ0) is 104. The number of nitriles is 2. The van der Waals surface area contributed by atoms with Crippen molar-refractivity contribution in [1.29, 1.82) is 10.5 Å². The molecule has 0 fully saturated rings. The van der Waals surface area contributed by atoms with E-state index in [-0.39, 0.29) is 44.8 Å². The first-order valence-corrected chi connectivity index (χ1v) is 62.6. The van der Waals surface area contributed by atoms with Crippen LogP contribution in [0.25, 0.3) is 147 Å². The molecule has 14 aromatic rings. The number of unbranched alkanes of at least 4 members (excludes halogenated alkanes) is 32. The summed E-state index contributed by atoms with van der Waals surface area (Å²) in [5.41, 5.74) is 10.3. The van der Waals surface area contributed by atoms with Gasteiger partial charge < -0.3 is 9.13 Å². The van der Waals surface area contributed by atoms with E-state index >= 15 is 27.2 Å². The monoisotopic (exact) mass is 2130 g/mol. The number of carbonyl (C=O) groups is 2. The van der Waals surface area contributed by atoms with Crippen LogP contribution in [0, 0.1) is 82.7 Å². The molecular weight excluding hydrogens is 1980 g/mol. The van der Waals surface area contributed by atoms with Crippen LogP contribution in [0.2, 0.25) is 0 Å². The van der Waals surface area contributed by atoms with Gasteiger partial charge >= 0.3 is 0 Å². The second-order valence-corrected chi connectivity index (χ2v) is 49.7. The van der Waals surface area contributed by atoms with Crippen molar-refractivity contribution in [3.63, 3.8) is 0 Å². The molecule has 0 amide bonds. The van der Waals surface area contributed by atoms with E-state index in [4.69, 9.17) is 21.9 Å². The minimum Gasteiger partial charge on any atom is -0.337 e. The van der Waals surface area contributed by atoms with Gasteiger partial charge in [-0.2, -0.15) is 8.75 Å². The Bertz CT molecular complexity index is 6980. The summed E-state index contributed by atoms with van der Waals surface area (Å²) in [6, 6.07) is 24.5. The van der Waals surface area contributed by atoms with Crippen molar-refractivity contribution >= 4 is 208 Å². The maximum absolute atomic E-state index is 15.2. The zero-order valence-corrected chi connectivity index (χ0v) is 95.0. The molecule has 149 heavy (non-hydrogen) atoms. The summed E-state index contributed by atoms with van der Waals surface area (Å²) in [6.07, 6.45) is 71.5. The van der Waals surface area contributed by atoms with E-state index in [1.807, 2.05) is 57.5 Å². The Morgan fingerprint density at radius 2 is 0.644 bits per heavy atom. The van der Waals surface area contributed by atoms with Crippen molar-refractivity contribution < 1.29 is 27.2 Å². The maximum Gasteiger partial charge on any atom is 0.270 e. The van der Waals surface area contributed by atoms with Crippen molar-refractivity contribution in [2.75, 3.05) is 0 Å². The molecule has 0 spiro atoms. The minimum atomic E-state index is -1.03. The van der Waals surface area contributed by atoms with Crippen molar-refractivity contribution in [1.82, 2.24) is 17.9 Å². The van der Waals surface area contributed by atoms with E-state index in [0.717, 1.165) is 157 Å². The summed E-state index contributed by atoms with van der Waals surface area (Å²) in [6.45, 7) is 36.7. The maximum atomic E-state index is 15.2. The molecular formula is C128H150F4N8O2S7. The number of hydrogen-bond acceptors (Lipinski definition) is 13. The number of benzene rings is 5. The van der Waals surface area contributed by atoms with Crippen LogP contribution in [0.4, 0.5) is 17.6 Å². The standard InChI is InChI=1S/C128H150F4N8O2S7/c1-11-19-27-35-39-47-55-83(53-43-31-23-15-5)69-91-65-67-107(143-91)111-105(63-51-61-93-109(103(79-133)135-9)95-71-87-75-99(129)101(131)77-89(87)73-97(95)121(93)141)145-127-119-123(147-125(111)127)113-115-116(138-149-137-115)114-118(117(113)139(119)81-85(57-45-33-25-17-7)59-49-41-37-29-21-13-3)140(82-86(58-46-34-26-18-8)60-50-42-38-30-22-14-4)120-124(114)148-126-112(108-68-66-92(144-108)70-84(54-44-32-24-16-6)56-48-40-36-28-20-12-2)106(146-128(120)126)64-52-62-94-110(104(80-134)136-10)96-72-88-76-100(130)102(132)78-90(88)74-98(96)122(94)142/h51-52,61-68,71-78,83-86H,11-50,53-60,69-70,81-82H2,1-8H3/b63-51+,64-52+,93-61-,94-62-,109-103-,110-104+. The highest BCUT2D eigenvalue weighted by molar-refractivity contribution is 7.36. The third-order valence-corrected chi connectivity index (χ3v) is 39.5. The predicted molar refractivity (Wildman–Crippen MR) is 634 cm³/mol. The molecule has 9 aromatic heterocycles. The summed E-state index contributed by atoms with van der Waals surface area (Å²) >= 11 is 12.5. The number of hydrogen-bond donors (Lipinski definition) is 0. The van der Waals surface area contributed by atoms with Gasteiger partial charge in [0.15, 0.2) is 34.8 Å². The highest BCUT2D eigenvalue weighted by Gasteiger charge is 2.38. The first-order valence-electron chi connectivity index (χ1n) is 57.0. The second-order valence-electron chi connectivity index (χ2n) is 42.7. The number of rotatable bonds is 62. The van der Waals surface area contributed by atoms with Gasteiger partial charge in [-0.15, -0.1) is 68.0 Å². The van der Waals surface area contributed by atoms with E-state index < -0.39 is 34.8 Å². The Morgan fingerprint density at radius 3 is 0.946 bits per heavy atom. The fourth-order valence-electron chi connectivity index (χ4n) is 23.7. The van der Waals surface area contributed by atoms with Crippen molar-refractivity contribution in [3.8, 4) is 33.0 Å². The molecule has 5 aromatic carbocycles. The zero-order valence-electron chi connectivity index (χ0n) is 89.2. The molecule has 4 unspecified atom stereocenters. The summed E-state index contributed by atoms with van der Waals surface area (Å²) < 4.78 is 84.6. The van der Waals surface area contributed by atoms with Gasteiger partial charge in [-0.25, -0.2) is 37.8 Å². The van der Waals surface area contributed by atoms with Gasteiger partial charge in [-0.1, -0.05) is 362 Å². The largest absolute Gasteiger partial charge is 0.337 e. The number of nitrogens with zero attached hydrogens (tertiary/aromatic N) is 8. The average Bonchev–Trinajstić information content (AvgIpc) is 1.50. The van der Waals surface area contributed by atoms with E-state index in [0.29, 0.717) is 56.3 Å². The summed E-state index contributed by atoms with van der Waals surface area (Å²) in [5, 5.41) is 25.2. The van der Waals surface area contributed by atoms with E-state index in [1.54, 1.807) is 59.1 Å². The quantitative estimate of drug-likeness (QED) is 0.0123. The van der Waals surface area contributed by atoms with Gasteiger partial charge in [-0.05, 0) is 180 Å². The average molecular weight is 2130 g/mol. The lowest BCUT2D eigenvalue weighted by Gasteiger charge is -2.22. The van der Waals surface area contributed by atoms with Gasteiger partial charge in [0.1, 0.15) is 11.0 Å². The molecule has 0 saturated carbocycles. The number of allylic oxidation sites excluding steroid dienone is 10. The fourth-order valence-corrected chi connectivity index (χ4v) is 32.6. The molecule has 0 radical (unpaired) electrons. The first-order chi connectivity index (χ1) is 73.0. The molecule has 4 atom stereocenters. The fraction of sp³-hybridized carbons (Fsp3) is 0.500. The van der Waals surface area contributed by atoms with Crippen LogP contribution in [0.15, 0.2) is 120 Å². The van der Waals surface area contributed by atoms with Gasteiger partial charge in [0, 0.05) is 97.7 Å². The lowest BCUT2D eigenvalue weighted by atomic mass is 9.91. The number of thiophene rings is 6. The Morgan fingerprint density at radius 1 is 0.356 bits per heavy atom. The molecule has 0 saturated heterocycles. The molecule has 0 aliphatic heterocycles. The molecule has 784 valence electrons. The lowest BCUT2D eigenvalue weighted by Crippen LogP contribution is -2.14. The molecule has 16 rings (SSSR count). The highest BCUT2D eigenvalue weighted by atomic mass is 32.1. The second kappa shape index (κ2) is 55.2. The van der Waals surface area contributed by atoms with Crippen LogP contribution in [0.5, 0.6) is 0 Å². The summed E-state index contributed by atoms with van der Waals surface area (Å²) in [5.74, 6) is -3.18. The molecule has 2 aliphatic carbocycles. The number of aromatic nitrogens is 4. The number of halogens is 4. The van der Waals surface area contributed by atoms with E-state index in [2.05, 4.69) is 123 Å². The molecule has 0 bridgehead atoms. The third kappa shape index (κ3) is 26.0. The van der Waals surface area contributed by atoms with Crippen LogP contribution >= 0.6 is 79.7 Å². The molecule has 9 heterocycles. The van der Waals surface area contributed by atoms with Crippen LogP contribution in [-0.4, -0.2) is 29.4 Å². The predicted octanol–water partition coefficient (Wildman–Crippen LogP) is 43.2. The van der Waals surface area contributed by atoms with Crippen LogP contribution in [-0.2, 0) is 25.9 Å². The Balaban J connectivity index is 0.966. The summed E-state index contributed by atoms with van der Waals surface area (Å²) in [4.78, 5) is 45.0. The lowest BCUT2D eigenvalue weighted by molar-refractivity contribution is 0.103. The van der Waals surface area contributed by atoms with Crippen LogP contribution in [0.3, 0.4) is 0 Å². The number of ketones is 2. The van der Waals surface area contributed by atoms with Crippen LogP contribution in [0.1, 0.15) is 415 Å².